The molecule has 0 saturated carbocycles. The highest BCUT2D eigenvalue weighted by atomic mass is 35.5. The normalized spacial score (nSPS) is 10.4. The zero-order valence-electron chi connectivity index (χ0n) is 10.3. The summed E-state index contributed by atoms with van der Waals surface area (Å²) >= 11 is 7.03. The van der Waals surface area contributed by atoms with E-state index in [4.69, 9.17) is 20.8 Å². The smallest absolute Gasteiger partial charge is 0.316 e. The molecule has 1 aromatic carbocycles. The molecular formula is C13H12ClNO3S. The number of aromatic nitrogens is 1. The van der Waals surface area contributed by atoms with Crippen molar-refractivity contribution in [3.05, 3.63) is 35.5 Å². The Morgan fingerprint density at radius 2 is 2.16 bits per heavy atom. The van der Waals surface area contributed by atoms with Gasteiger partial charge in [0.1, 0.15) is 5.75 Å². The maximum absolute atomic E-state index is 11.2. The minimum absolute atomic E-state index is 0.189. The Labute approximate surface area is 120 Å². The van der Waals surface area contributed by atoms with E-state index in [0.717, 1.165) is 5.56 Å². The number of nitrogens with zero attached hydrogens (tertiary/aromatic N) is 1. The molecule has 1 aromatic heterocycles. The molecule has 0 unspecified atom stereocenters. The Kier molecular flexibility index (Phi) is 4.87. The molecule has 0 spiro atoms. The molecule has 0 aliphatic heterocycles. The SMILES string of the molecule is CCOC(=O)CSc1ncc(-c2ccc(Cl)cc2)o1. The van der Waals surface area contributed by atoms with E-state index in [1.165, 1.54) is 11.8 Å². The molecule has 6 heteroatoms. The van der Waals surface area contributed by atoms with Crippen LogP contribution in [0.25, 0.3) is 11.3 Å². The van der Waals surface area contributed by atoms with Crippen molar-refractivity contribution >= 4 is 29.3 Å². The molecule has 0 radical (unpaired) electrons. The standard InChI is InChI=1S/C13H12ClNO3S/c1-2-17-12(16)8-19-13-15-7-11(18-13)9-3-5-10(14)6-4-9/h3-7H,2,8H2,1H3. The summed E-state index contributed by atoms with van der Waals surface area (Å²) in [6, 6.07) is 7.26. The van der Waals surface area contributed by atoms with Crippen LogP contribution in [0, 0.1) is 0 Å². The van der Waals surface area contributed by atoms with Gasteiger partial charge in [-0.05, 0) is 31.2 Å². The van der Waals surface area contributed by atoms with Crippen molar-refractivity contribution in [1.82, 2.24) is 4.98 Å². The highest BCUT2D eigenvalue weighted by molar-refractivity contribution is 7.99. The fourth-order valence-corrected chi connectivity index (χ4v) is 2.12. The average Bonchev–Trinajstić information content (AvgIpc) is 2.86. The van der Waals surface area contributed by atoms with Crippen LogP contribution in [0.15, 0.2) is 40.1 Å². The maximum Gasteiger partial charge on any atom is 0.316 e. The molecule has 0 amide bonds. The molecule has 0 bridgehead atoms. The Morgan fingerprint density at radius 1 is 1.42 bits per heavy atom. The van der Waals surface area contributed by atoms with Crippen molar-refractivity contribution in [2.24, 2.45) is 0 Å². The summed E-state index contributed by atoms with van der Waals surface area (Å²) in [7, 11) is 0. The van der Waals surface area contributed by atoms with E-state index >= 15 is 0 Å². The second-order valence-electron chi connectivity index (χ2n) is 3.59. The summed E-state index contributed by atoms with van der Waals surface area (Å²) < 4.78 is 10.4. The third kappa shape index (κ3) is 4.01. The van der Waals surface area contributed by atoms with Crippen LogP contribution >= 0.6 is 23.4 Å². The van der Waals surface area contributed by atoms with Crippen LogP contribution in [-0.4, -0.2) is 23.3 Å². The van der Waals surface area contributed by atoms with Gasteiger partial charge in [-0.3, -0.25) is 4.79 Å². The minimum Gasteiger partial charge on any atom is -0.465 e. The lowest BCUT2D eigenvalue weighted by Crippen LogP contribution is -2.06. The molecular weight excluding hydrogens is 286 g/mol. The molecule has 19 heavy (non-hydrogen) atoms. The fourth-order valence-electron chi connectivity index (χ4n) is 1.40. The zero-order chi connectivity index (χ0) is 13.7. The first-order valence-corrected chi connectivity index (χ1v) is 7.05. The number of halogens is 1. The largest absolute Gasteiger partial charge is 0.465 e. The van der Waals surface area contributed by atoms with Gasteiger partial charge in [-0.25, -0.2) is 4.98 Å². The summed E-state index contributed by atoms with van der Waals surface area (Å²) in [4.78, 5) is 15.3. The molecule has 2 aromatic rings. The first-order chi connectivity index (χ1) is 9.19. The zero-order valence-corrected chi connectivity index (χ0v) is 11.8. The summed E-state index contributed by atoms with van der Waals surface area (Å²) in [6.45, 7) is 2.15. The van der Waals surface area contributed by atoms with Crippen molar-refractivity contribution < 1.29 is 13.9 Å². The van der Waals surface area contributed by atoms with Gasteiger partial charge in [0.05, 0.1) is 12.8 Å². The fraction of sp³-hybridized carbons (Fsp3) is 0.231. The Bertz CT molecular complexity index is 553. The molecule has 0 saturated heterocycles. The number of ether oxygens (including phenoxy) is 1. The molecule has 0 aliphatic rings. The van der Waals surface area contributed by atoms with Crippen molar-refractivity contribution in [3.63, 3.8) is 0 Å². The summed E-state index contributed by atoms with van der Waals surface area (Å²) in [6.07, 6.45) is 1.62. The lowest BCUT2D eigenvalue weighted by Gasteiger charge is -1.98. The van der Waals surface area contributed by atoms with Crippen LogP contribution in [0.1, 0.15) is 6.92 Å². The number of rotatable bonds is 5. The Morgan fingerprint density at radius 3 is 2.84 bits per heavy atom. The lowest BCUT2D eigenvalue weighted by atomic mass is 10.2. The molecule has 0 fully saturated rings. The van der Waals surface area contributed by atoms with Gasteiger partial charge in [0.15, 0.2) is 5.76 Å². The van der Waals surface area contributed by atoms with Crippen LogP contribution < -0.4 is 0 Å². The van der Waals surface area contributed by atoms with Gasteiger partial charge in [0.25, 0.3) is 5.22 Å². The third-order valence-corrected chi connectivity index (χ3v) is 3.30. The van der Waals surface area contributed by atoms with E-state index in [-0.39, 0.29) is 11.7 Å². The number of oxazole rings is 1. The predicted octanol–water partition coefficient (Wildman–Crippen LogP) is 3.65. The Balaban J connectivity index is 1.99. The highest BCUT2D eigenvalue weighted by Gasteiger charge is 2.09. The van der Waals surface area contributed by atoms with Gasteiger partial charge in [0, 0.05) is 10.6 Å². The number of hydrogen-bond donors (Lipinski definition) is 0. The quantitative estimate of drug-likeness (QED) is 0.623. The summed E-state index contributed by atoms with van der Waals surface area (Å²) in [5, 5.41) is 1.11. The molecule has 0 aliphatic carbocycles. The second-order valence-corrected chi connectivity index (χ2v) is 4.95. The van der Waals surface area contributed by atoms with E-state index in [2.05, 4.69) is 4.98 Å². The van der Waals surface area contributed by atoms with E-state index in [9.17, 15) is 4.79 Å². The van der Waals surface area contributed by atoms with E-state index in [1.54, 1.807) is 25.3 Å². The minimum atomic E-state index is -0.279. The van der Waals surface area contributed by atoms with Gasteiger partial charge in [0.2, 0.25) is 0 Å². The van der Waals surface area contributed by atoms with Crippen molar-refractivity contribution in [1.29, 1.82) is 0 Å². The van der Waals surface area contributed by atoms with Gasteiger partial charge in [-0.1, -0.05) is 23.4 Å². The lowest BCUT2D eigenvalue weighted by molar-refractivity contribution is -0.139. The highest BCUT2D eigenvalue weighted by Crippen LogP contribution is 2.26. The van der Waals surface area contributed by atoms with Crippen molar-refractivity contribution in [2.75, 3.05) is 12.4 Å². The monoisotopic (exact) mass is 297 g/mol. The van der Waals surface area contributed by atoms with Gasteiger partial charge < -0.3 is 9.15 Å². The number of benzene rings is 1. The topological polar surface area (TPSA) is 52.3 Å². The van der Waals surface area contributed by atoms with Crippen LogP contribution in [0.5, 0.6) is 0 Å². The van der Waals surface area contributed by atoms with Gasteiger partial charge in [-0.2, -0.15) is 0 Å². The van der Waals surface area contributed by atoms with Crippen LogP contribution in [-0.2, 0) is 9.53 Å². The average molecular weight is 298 g/mol. The third-order valence-electron chi connectivity index (χ3n) is 2.23. The second kappa shape index (κ2) is 6.63. The molecule has 4 nitrogen and oxygen atoms in total. The van der Waals surface area contributed by atoms with Crippen molar-refractivity contribution in [2.45, 2.75) is 12.1 Å². The van der Waals surface area contributed by atoms with Gasteiger partial charge >= 0.3 is 5.97 Å². The Hall–Kier alpha value is -1.46. The molecule has 2 rings (SSSR count). The van der Waals surface area contributed by atoms with Crippen LogP contribution in [0.3, 0.4) is 0 Å². The van der Waals surface area contributed by atoms with Crippen LogP contribution in [0.4, 0.5) is 0 Å². The van der Waals surface area contributed by atoms with Crippen molar-refractivity contribution in [3.8, 4) is 11.3 Å². The number of carbonyl (C=O) groups is 1. The molecule has 0 N–H and O–H groups in total. The number of esters is 1. The predicted molar refractivity (Wildman–Crippen MR) is 74.3 cm³/mol. The van der Waals surface area contributed by atoms with E-state index < -0.39 is 0 Å². The summed E-state index contributed by atoms with van der Waals surface area (Å²) in [5.74, 6) is 0.552. The number of hydrogen-bond acceptors (Lipinski definition) is 5. The van der Waals surface area contributed by atoms with E-state index in [1.807, 2.05) is 12.1 Å². The number of carbonyl (C=O) groups excluding carboxylic acids is 1. The molecule has 100 valence electrons. The number of thioether (sulfide) groups is 1. The van der Waals surface area contributed by atoms with E-state index in [0.29, 0.717) is 22.6 Å². The van der Waals surface area contributed by atoms with Crippen LogP contribution in [0.2, 0.25) is 5.02 Å². The maximum atomic E-state index is 11.2. The first-order valence-electron chi connectivity index (χ1n) is 5.69. The molecule has 1 heterocycles. The first kappa shape index (κ1) is 14.0. The summed E-state index contributed by atoms with van der Waals surface area (Å²) in [5.41, 5.74) is 0.889. The molecule has 0 atom stereocenters. The van der Waals surface area contributed by atoms with Gasteiger partial charge in [-0.15, -0.1) is 0 Å².